The molecule has 4 nitrogen and oxygen atoms in total. The Morgan fingerprint density at radius 3 is 2.09 bits per heavy atom. The van der Waals surface area contributed by atoms with Crippen molar-refractivity contribution in [3.8, 4) is 0 Å². The van der Waals surface area contributed by atoms with Gasteiger partial charge in [-0.05, 0) is 32.6 Å². The molecule has 2 aliphatic carbocycles. The average molecular weight is 306 g/mol. The normalized spacial score (nSPS) is 33.5. The predicted molar refractivity (Wildman–Crippen MR) is 86.3 cm³/mol. The molecule has 0 aromatic carbocycles. The Labute approximate surface area is 134 Å². The number of fused-ring (bicyclic) bond motifs is 1. The fraction of sp³-hybridized carbons (Fsp3) is 0.889. The molecule has 1 saturated heterocycles. The van der Waals surface area contributed by atoms with Gasteiger partial charge >= 0.3 is 0 Å². The van der Waals surface area contributed by atoms with E-state index in [1.807, 2.05) is 0 Å². The molecule has 0 N–H and O–H groups in total. The van der Waals surface area contributed by atoms with Gasteiger partial charge in [0.05, 0.1) is 12.1 Å². The summed E-state index contributed by atoms with van der Waals surface area (Å²) in [4.78, 5) is 29.4. The summed E-state index contributed by atoms with van der Waals surface area (Å²) < 4.78 is 0. The molecular weight excluding hydrogens is 276 g/mol. The molecule has 2 unspecified atom stereocenters. The van der Waals surface area contributed by atoms with Crippen LogP contribution in [0.15, 0.2) is 0 Å². The van der Waals surface area contributed by atoms with Gasteiger partial charge in [-0.25, -0.2) is 0 Å². The van der Waals surface area contributed by atoms with Crippen LogP contribution in [0.2, 0.25) is 0 Å². The first-order valence-corrected chi connectivity index (χ1v) is 9.19. The van der Waals surface area contributed by atoms with Crippen molar-refractivity contribution >= 4 is 11.8 Å². The number of piperazine rings is 1. The Bertz CT molecular complexity index is 431. The lowest BCUT2D eigenvalue weighted by atomic mass is 9.82. The number of amides is 2. The quantitative estimate of drug-likeness (QED) is 0.747. The van der Waals surface area contributed by atoms with E-state index in [4.69, 9.17) is 0 Å². The molecule has 1 aliphatic heterocycles. The van der Waals surface area contributed by atoms with Gasteiger partial charge in [0.1, 0.15) is 0 Å². The lowest BCUT2D eigenvalue weighted by molar-refractivity contribution is -0.156. The van der Waals surface area contributed by atoms with Crippen LogP contribution < -0.4 is 0 Å². The summed E-state index contributed by atoms with van der Waals surface area (Å²) >= 11 is 0. The van der Waals surface area contributed by atoms with E-state index in [1.54, 1.807) is 6.92 Å². The molecule has 3 fully saturated rings. The summed E-state index contributed by atoms with van der Waals surface area (Å²) in [5.74, 6) is 0.799. The van der Waals surface area contributed by atoms with Crippen LogP contribution in [-0.4, -0.2) is 46.3 Å². The van der Waals surface area contributed by atoms with Gasteiger partial charge in [-0.1, -0.05) is 32.1 Å². The summed E-state index contributed by atoms with van der Waals surface area (Å²) in [5, 5.41) is 0. The number of carbonyl (C=O) groups is 2. The first kappa shape index (κ1) is 15.8. The van der Waals surface area contributed by atoms with Gasteiger partial charge in [0.2, 0.25) is 11.8 Å². The van der Waals surface area contributed by atoms with Crippen LogP contribution in [-0.2, 0) is 9.59 Å². The van der Waals surface area contributed by atoms with Crippen molar-refractivity contribution < 1.29 is 9.59 Å². The van der Waals surface area contributed by atoms with Gasteiger partial charge in [-0.15, -0.1) is 0 Å². The van der Waals surface area contributed by atoms with Gasteiger partial charge in [0, 0.05) is 25.4 Å². The maximum Gasteiger partial charge on any atom is 0.226 e. The first-order valence-electron chi connectivity index (χ1n) is 9.19. The molecule has 22 heavy (non-hydrogen) atoms. The SMILES string of the molecule is CC(=O)N1C2CCCCC2N(C(=O)C2CCCCC2)C[C@@H]1C. The van der Waals surface area contributed by atoms with Crippen LogP contribution in [0.3, 0.4) is 0 Å². The van der Waals surface area contributed by atoms with E-state index in [9.17, 15) is 9.59 Å². The van der Waals surface area contributed by atoms with Crippen molar-refractivity contribution in [2.45, 2.75) is 89.8 Å². The third-order valence-corrected chi connectivity index (χ3v) is 5.99. The summed E-state index contributed by atoms with van der Waals surface area (Å²) in [6, 6.07) is 0.676. The first-order chi connectivity index (χ1) is 10.6. The molecule has 0 spiro atoms. The molecule has 2 saturated carbocycles. The molecule has 0 bridgehead atoms. The van der Waals surface area contributed by atoms with E-state index >= 15 is 0 Å². The Kier molecular flexibility index (Phi) is 4.74. The van der Waals surface area contributed by atoms with Crippen LogP contribution in [0.25, 0.3) is 0 Å². The van der Waals surface area contributed by atoms with Crippen LogP contribution >= 0.6 is 0 Å². The Morgan fingerprint density at radius 1 is 0.864 bits per heavy atom. The zero-order chi connectivity index (χ0) is 15.7. The maximum atomic E-state index is 13.1. The van der Waals surface area contributed by atoms with Gasteiger partial charge in [-0.2, -0.15) is 0 Å². The van der Waals surface area contributed by atoms with E-state index < -0.39 is 0 Å². The second-order valence-corrected chi connectivity index (χ2v) is 7.52. The van der Waals surface area contributed by atoms with Crippen molar-refractivity contribution in [1.29, 1.82) is 0 Å². The fourth-order valence-electron chi connectivity index (χ4n) is 5.00. The van der Waals surface area contributed by atoms with Crippen molar-refractivity contribution in [2.24, 2.45) is 5.92 Å². The third kappa shape index (κ3) is 2.89. The molecule has 3 atom stereocenters. The smallest absolute Gasteiger partial charge is 0.226 e. The van der Waals surface area contributed by atoms with E-state index in [2.05, 4.69) is 16.7 Å². The molecule has 0 radical (unpaired) electrons. The van der Waals surface area contributed by atoms with Crippen molar-refractivity contribution in [2.75, 3.05) is 6.54 Å². The van der Waals surface area contributed by atoms with E-state index in [-0.39, 0.29) is 30.0 Å². The predicted octanol–water partition coefficient (Wildman–Crippen LogP) is 2.96. The number of hydrogen-bond donors (Lipinski definition) is 0. The minimum Gasteiger partial charge on any atom is -0.335 e. The fourth-order valence-corrected chi connectivity index (χ4v) is 5.00. The molecule has 0 aromatic heterocycles. The minimum absolute atomic E-state index is 0.157. The summed E-state index contributed by atoms with van der Waals surface area (Å²) in [6.45, 7) is 4.52. The van der Waals surface area contributed by atoms with Gasteiger partial charge in [0.15, 0.2) is 0 Å². The molecular formula is C18H30N2O2. The van der Waals surface area contributed by atoms with E-state index in [0.29, 0.717) is 5.91 Å². The van der Waals surface area contributed by atoms with Crippen LogP contribution in [0.4, 0.5) is 0 Å². The molecule has 0 aromatic rings. The third-order valence-electron chi connectivity index (χ3n) is 5.99. The standard InChI is InChI=1S/C18H30N2O2/c1-13-12-19(18(22)15-8-4-3-5-9-15)16-10-6-7-11-17(16)20(13)14(2)21/h13,15-17H,3-12H2,1-2H3/t13-,16?,17?/m0/s1. The lowest BCUT2D eigenvalue weighted by Crippen LogP contribution is -2.66. The zero-order valence-electron chi connectivity index (χ0n) is 14.1. The second kappa shape index (κ2) is 6.59. The number of nitrogens with zero attached hydrogens (tertiary/aromatic N) is 2. The van der Waals surface area contributed by atoms with E-state index in [1.165, 1.54) is 32.1 Å². The van der Waals surface area contributed by atoms with Gasteiger partial charge < -0.3 is 9.80 Å². The number of rotatable bonds is 1. The monoisotopic (exact) mass is 306 g/mol. The average Bonchev–Trinajstić information content (AvgIpc) is 2.53. The second-order valence-electron chi connectivity index (χ2n) is 7.52. The molecule has 3 aliphatic rings. The molecule has 1 heterocycles. The summed E-state index contributed by atoms with van der Waals surface area (Å²) in [5.41, 5.74) is 0. The summed E-state index contributed by atoms with van der Waals surface area (Å²) in [7, 11) is 0. The lowest BCUT2D eigenvalue weighted by Gasteiger charge is -2.53. The van der Waals surface area contributed by atoms with Crippen molar-refractivity contribution in [3.05, 3.63) is 0 Å². The maximum absolute atomic E-state index is 13.1. The van der Waals surface area contributed by atoms with Crippen molar-refractivity contribution in [1.82, 2.24) is 9.80 Å². The summed E-state index contributed by atoms with van der Waals surface area (Å²) in [6.07, 6.45) is 10.3. The highest BCUT2D eigenvalue weighted by molar-refractivity contribution is 5.80. The topological polar surface area (TPSA) is 40.6 Å². The van der Waals surface area contributed by atoms with Gasteiger partial charge in [0.25, 0.3) is 0 Å². The van der Waals surface area contributed by atoms with Crippen LogP contribution in [0, 0.1) is 5.92 Å². The Morgan fingerprint density at radius 2 is 1.45 bits per heavy atom. The molecule has 4 heteroatoms. The number of carbonyl (C=O) groups excluding carboxylic acids is 2. The highest BCUT2D eigenvalue weighted by Crippen LogP contribution is 2.35. The van der Waals surface area contributed by atoms with E-state index in [0.717, 1.165) is 32.2 Å². The Hall–Kier alpha value is -1.06. The largest absolute Gasteiger partial charge is 0.335 e. The minimum atomic E-state index is 0.157. The van der Waals surface area contributed by atoms with Crippen LogP contribution in [0.5, 0.6) is 0 Å². The van der Waals surface area contributed by atoms with Crippen LogP contribution in [0.1, 0.15) is 71.6 Å². The highest BCUT2D eigenvalue weighted by Gasteiger charge is 2.45. The van der Waals surface area contributed by atoms with Gasteiger partial charge in [-0.3, -0.25) is 9.59 Å². The molecule has 124 valence electrons. The Balaban J connectivity index is 1.79. The number of hydrogen-bond acceptors (Lipinski definition) is 2. The highest BCUT2D eigenvalue weighted by atomic mass is 16.2. The molecule has 2 amide bonds. The molecule has 3 rings (SSSR count). The van der Waals surface area contributed by atoms with Crippen molar-refractivity contribution in [3.63, 3.8) is 0 Å². The zero-order valence-corrected chi connectivity index (χ0v) is 14.1.